The second kappa shape index (κ2) is 11.4. The van der Waals surface area contributed by atoms with Crippen molar-refractivity contribution in [3.05, 3.63) is 96.8 Å². The third-order valence-electron chi connectivity index (χ3n) is 4.56. The second-order valence-electron chi connectivity index (χ2n) is 7.00. The van der Waals surface area contributed by atoms with Crippen LogP contribution in [0.5, 0.6) is 5.75 Å². The van der Waals surface area contributed by atoms with Gasteiger partial charge in [-0.05, 0) is 72.4 Å². The highest BCUT2D eigenvalue weighted by Crippen LogP contribution is 2.33. The third kappa shape index (κ3) is 6.72. The van der Waals surface area contributed by atoms with E-state index in [2.05, 4.69) is 10.2 Å². The molecule has 1 aromatic heterocycles. The molecule has 0 spiro atoms. The Morgan fingerprint density at radius 1 is 0.943 bits per heavy atom. The first kappa shape index (κ1) is 25.4. The van der Waals surface area contributed by atoms with E-state index < -0.39 is 5.97 Å². The summed E-state index contributed by atoms with van der Waals surface area (Å²) in [6.07, 6.45) is 1.42. The molecule has 0 aliphatic rings. The lowest BCUT2D eigenvalue weighted by atomic mass is 10.2. The highest BCUT2D eigenvalue weighted by Gasteiger charge is 2.17. The summed E-state index contributed by atoms with van der Waals surface area (Å²) >= 11 is 25.0. The lowest BCUT2D eigenvalue weighted by Gasteiger charge is -2.12. The van der Waals surface area contributed by atoms with Crippen LogP contribution in [0, 0.1) is 0 Å². The SMILES string of the molecule is O=C(O)/C(=C/c1cc(Cl)ccc1OCc1ccc(Cl)cc1Cl)Sc1nnc(-c2ccc(Cl)cc2)o1. The van der Waals surface area contributed by atoms with Gasteiger partial charge in [0, 0.05) is 36.8 Å². The number of rotatable bonds is 8. The van der Waals surface area contributed by atoms with Crippen molar-refractivity contribution in [2.75, 3.05) is 0 Å². The summed E-state index contributed by atoms with van der Waals surface area (Å²) in [4.78, 5) is 11.9. The first-order valence-corrected chi connectivity index (χ1v) is 12.2. The number of aromatic nitrogens is 2. The summed E-state index contributed by atoms with van der Waals surface area (Å²) in [5.41, 5.74) is 1.82. The van der Waals surface area contributed by atoms with Crippen LogP contribution in [-0.4, -0.2) is 21.3 Å². The van der Waals surface area contributed by atoms with Crippen molar-refractivity contribution in [3.63, 3.8) is 0 Å². The summed E-state index contributed by atoms with van der Waals surface area (Å²) in [5.74, 6) is -0.541. The van der Waals surface area contributed by atoms with Crippen LogP contribution >= 0.6 is 58.2 Å². The highest BCUT2D eigenvalue weighted by molar-refractivity contribution is 8.03. The second-order valence-corrected chi connectivity index (χ2v) is 9.71. The normalized spacial score (nSPS) is 11.5. The first-order valence-electron chi connectivity index (χ1n) is 9.87. The van der Waals surface area contributed by atoms with Crippen LogP contribution in [0.1, 0.15) is 11.1 Å². The molecule has 4 rings (SSSR count). The van der Waals surface area contributed by atoms with Crippen molar-refractivity contribution in [1.82, 2.24) is 10.2 Å². The molecule has 0 saturated heterocycles. The first-order chi connectivity index (χ1) is 16.8. The number of nitrogens with zero attached hydrogens (tertiary/aromatic N) is 2. The summed E-state index contributed by atoms with van der Waals surface area (Å²) < 4.78 is 11.5. The van der Waals surface area contributed by atoms with Gasteiger partial charge in [-0.1, -0.05) is 52.5 Å². The molecular formula is C24H14Cl4N2O4S. The molecule has 0 atom stereocenters. The van der Waals surface area contributed by atoms with Crippen LogP contribution < -0.4 is 4.74 Å². The number of halogens is 4. The fourth-order valence-electron chi connectivity index (χ4n) is 2.89. The molecule has 0 aliphatic heterocycles. The Kier molecular flexibility index (Phi) is 8.26. The molecule has 0 fully saturated rings. The van der Waals surface area contributed by atoms with Gasteiger partial charge in [0.05, 0.1) is 0 Å². The van der Waals surface area contributed by atoms with Crippen LogP contribution in [0.2, 0.25) is 20.1 Å². The monoisotopic (exact) mass is 566 g/mol. The van der Waals surface area contributed by atoms with E-state index in [1.54, 1.807) is 60.7 Å². The Hall–Kier alpha value is -2.68. The molecule has 178 valence electrons. The summed E-state index contributed by atoms with van der Waals surface area (Å²) in [6.45, 7) is 0.141. The fourth-order valence-corrected chi connectivity index (χ4v) is 4.32. The number of benzene rings is 3. The number of ether oxygens (including phenoxy) is 1. The van der Waals surface area contributed by atoms with Gasteiger partial charge in [-0.25, -0.2) is 4.79 Å². The van der Waals surface area contributed by atoms with E-state index in [4.69, 9.17) is 55.6 Å². The van der Waals surface area contributed by atoms with Gasteiger partial charge in [-0.15, -0.1) is 10.2 Å². The van der Waals surface area contributed by atoms with E-state index in [0.717, 1.165) is 17.3 Å². The van der Waals surface area contributed by atoms with Crippen molar-refractivity contribution >= 4 is 70.2 Å². The molecule has 3 aromatic carbocycles. The van der Waals surface area contributed by atoms with Gasteiger partial charge in [-0.3, -0.25) is 0 Å². The number of carbonyl (C=O) groups is 1. The van der Waals surface area contributed by atoms with Gasteiger partial charge in [0.1, 0.15) is 17.3 Å². The number of thioether (sulfide) groups is 1. The van der Waals surface area contributed by atoms with Crippen molar-refractivity contribution in [2.45, 2.75) is 11.8 Å². The van der Waals surface area contributed by atoms with Gasteiger partial charge >= 0.3 is 5.97 Å². The van der Waals surface area contributed by atoms with Crippen LogP contribution in [-0.2, 0) is 11.4 Å². The van der Waals surface area contributed by atoms with Crippen LogP contribution in [0.3, 0.4) is 0 Å². The van der Waals surface area contributed by atoms with E-state index in [1.165, 1.54) is 6.08 Å². The van der Waals surface area contributed by atoms with E-state index in [-0.39, 0.29) is 22.6 Å². The van der Waals surface area contributed by atoms with E-state index in [0.29, 0.717) is 37.0 Å². The van der Waals surface area contributed by atoms with Crippen molar-refractivity contribution < 1.29 is 19.1 Å². The Morgan fingerprint density at radius 3 is 2.34 bits per heavy atom. The lowest BCUT2D eigenvalue weighted by molar-refractivity contribution is -0.131. The molecule has 0 unspecified atom stereocenters. The van der Waals surface area contributed by atoms with Gasteiger partial charge < -0.3 is 14.3 Å². The highest BCUT2D eigenvalue weighted by atomic mass is 35.5. The predicted molar refractivity (Wildman–Crippen MR) is 138 cm³/mol. The maximum Gasteiger partial charge on any atom is 0.342 e. The van der Waals surface area contributed by atoms with Gasteiger partial charge in [0.2, 0.25) is 5.89 Å². The number of carboxylic acids is 1. The zero-order valence-electron chi connectivity index (χ0n) is 17.5. The Balaban J connectivity index is 1.58. The molecular weight excluding hydrogens is 554 g/mol. The summed E-state index contributed by atoms with van der Waals surface area (Å²) in [5, 5.41) is 19.7. The predicted octanol–water partition coefficient (Wildman–Crippen LogP) is 8.15. The smallest absolute Gasteiger partial charge is 0.342 e. The largest absolute Gasteiger partial charge is 0.488 e. The van der Waals surface area contributed by atoms with Crippen molar-refractivity contribution in [3.8, 4) is 17.2 Å². The molecule has 35 heavy (non-hydrogen) atoms. The van der Waals surface area contributed by atoms with Crippen LogP contribution in [0.15, 0.2) is 75.2 Å². The maximum atomic E-state index is 12.0. The standard InChI is InChI=1S/C24H14Cl4N2O4S/c25-16-4-1-13(2-5-16)22-29-30-24(34-22)35-21(23(31)32)10-15-9-17(26)7-8-20(15)33-12-14-3-6-18(27)11-19(14)28/h1-11H,12H2,(H,31,32)/b21-10-. The maximum absolute atomic E-state index is 12.0. The molecule has 0 saturated carbocycles. The molecule has 0 amide bonds. The van der Waals surface area contributed by atoms with Crippen molar-refractivity contribution in [1.29, 1.82) is 0 Å². The Labute approximate surface area is 224 Å². The topological polar surface area (TPSA) is 85.5 Å². The van der Waals surface area contributed by atoms with Crippen molar-refractivity contribution in [2.24, 2.45) is 0 Å². The Morgan fingerprint density at radius 2 is 1.63 bits per heavy atom. The van der Waals surface area contributed by atoms with Gasteiger partial charge in [-0.2, -0.15) is 0 Å². The average Bonchev–Trinajstić information content (AvgIpc) is 3.28. The van der Waals surface area contributed by atoms with E-state index in [1.807, 2.05) is 0 Å². The molecule has 4 aromatic rings. The molecule has 11 heteroatoms. The van der Waals surface area contributed by atoms with E-state index in [9.17, 15) is 9.90 Å². The fraction of sp³-hybridized carbons (Fsp3) is 0.0417. The molecule has 6 nitrogen and oxygen atoms in total. The third-order valence-corrected chi connectivity index (χ3v) is 6.49. The van der Waals surface area contributed by atoms with Gasteiger partial charge in [0.15, 0.2) is 0 Å². The molecule has 0 radical (unpaired) electrons. The minimum atomic E-state index is -1.19. The minimum Gasteiger partial charge on any atom is -0.488 e. The molecule has 1 heterocycles. The minimum absolute atomic E-state index is 0.0565. The molecule has 0 bridgehead atoms. The summed E-state index contributed by atoms with van der Waals surface area (Å²) in [7, 11) is 0. The van der Waals surface area contributed by atoms with E-state index >= 15 is 0 Å². The number of hydrogen-bond acceptors (Lipinski definition) is 6. The number of hydrogen-bond donors (Lipinski definition) is 1. The lowest BCUT2D eigenvalue weighted by Crippen LogP contribution is -2.00. The van der Waals surface area contributed by atoms with Gasteiger partial charge in [0.25, 0.3) is 5.22 Å². The summed E-state index contributed by atoms with van der Waals surface area (Å²) in [6, 6.07) is 16.8. The zero-order valence-corrected chi connectivity index (χ0v) is 21.4. The quantitative estimate of drug-likeness (QED) is 0.170. The number of carboxylic acid groups (broad SMARTS) is 1. The number of aliphatic carboxylic acids is 1. The molecule has 1 N–H and O–H groups in total. The van der Waals surface area contributed by atoms with Crippen LogP contribution in [0.4, 0.5) is 0 Å². The molecule has 0 aliphatic carbocycles. The van der Waals surface area contributed by atoms with Crippen LogP contribution in [0.25, 0.3) is 17.5 Å². The zero-order chi connectivity index (χ0) is 24.9. The Bertz CT molecular complexity index is 1410. The average molecular weight is 568 g/mol.